The van der Waals surface area contributed by atoms with E-state index in [1.807, 2.05) is 36.4 Å². The number of amides is 1. The summed E-state index contributed by atoms with van der Waals surface area (Å²) in [5.41, 5.74) is 1.34. The quantitative estimate of drug-likeness (QED) is 0.365. The number of carbonyl (C=O) groups excluding carboxylic acids is 1. The lowest BCUT2D eigenvalue weighted by molar-refractivity contribution is 0.0844. The van der Waals surface area contributed by atoms with E-state index in [2.05, 4.69) is 20.0 Å². The molecule has 1 amide bonds. The SMILES string of the molecule is Cn1c(C(=O)NC2(c3ccccc3)CCN(S(=O)(=O)Nc3cnccn3)CC2)cc2c(Cl)c(Cl)ccc21. The number of piperidine rings is 1. The van der Waals surface area contributed by atoms with Crippen molar-refractivity contribution in [2.24, 2.45) is 7.05 Å². The lowest BCUT2D eigenvalue weighted by atomic mass is 9.81. The second kappa shape index (κ2) is 9.94. The summed E-state index contributed by atoms with van der Waals surface area (Å²) in [6.45, 7) is 0.392. The third-order valence-corrected chi connectivity index (χ3v) is 9.07. The molecule has 5 rings (SSSR count). The average Bonchev–Trinajstić information content (AvgIpc) is 3.24. The van der Waals surface area contributed by atoms with Crippen LogP contribution in [0.4, 0.5) is 5.82 Å². The van der Waals surface area contributed by atoms with Crippen molar-refractivity contribution in [3.05, 3.63) is 88.4 Å². The van der Waals surface area contributed by atoms with Gasteiger partial charge in [0.15, 0.2) is 5.82 Å². The number of nitrogens with one attached hydrogen (secondary N) is 2. The first-order valence-corrected chi connectivity index (χ1v) is 13.8. The molecule has 1 fully saturated rings. The first-order chi connectivity index (χ1) is 17.7. The van der Waals surface area contributed by atoms with Gasteiger partial charge in [0, 0.05) is 43.4 Å². The van der Waals surface area contributed by atoms with Crippen molar-refractivity contribution >= 4 is 56.0 Å². The minimum absolute atomic E-state index is 0.144. The number of rotatable bonds is 6. The molecule has 0 spiro atoms. The molecule has 37 heavy (non-hydrogen) atoms. The summed E-state index contributed by atoms with van der Waals surface area (Å²) in [5, 5.41) is 4.71. The molecule has 1 saturated heterocycles. The Morgan fingerprint density at radius 1 is 1.05 bits per heavy atom. The van der Waals surface area contributed by atoms with E-state index in [1.165, 1.54) is 22.9 Å². The van der Waals surface area contributed by atoms with Gasteiger partial charge in [-0.15, -0.1) is 0 Å². The van der Waals surface area contributed by atoms with Crippen LogP contribution < -0.4 is 10.0 Å². The summed E-state index contributed by atoms with van der Waals surface area (Å²) in [5.74, 6) is -0.144. The Morgan fingerprint density at radius 2 is 1.78 bits per heavy atom. The van der Waals surface area contributed by atoms with Crippen LogP contribution in [0.15, 0.2) is 67.1 Å². The molecule has 2 aromatic heterocycles. The molecule has 0 bridgehead atoms. The van der Waals surface area contributed by atoms with Gasteiger partial charge in [0.1, 0.15) is 5.69 Å². The normalized spacial score (nSPS) is 16.0. The number of fused-ring (bicyclic) bond motifs is 1. The van der Waals surface area contributed by atoms with Crippen LogP contribution in [0.2, 0.25) is 10.0 Å². The molecular formula is C25H24Cl2N6O3S. The number of benzene rings is 2. The van der Waals surface area contributed by atoms with Crippen molar-refractivity contribution < 1.29 is 13.2 Å². The van der Waals surface area contributed by atoms with Crippen molar-refractivity contribution in [2.75, 3.05) is 17.8 Å². The van der Waals surface area contributed by atoms with Crippen LogP contribution in [-0.2, 0) is 22.8 Å². The molecule has 3 heterocycles. The fourth-order valence-electron chi connectivity index (χ4n) is 4.75. The van der Waals surface area contributed by atoms with E-state index in [-0.39, 0.29) is 24.8 Å². The van der Waals surface area contributed by atoms with Crippen molar-refractivity contribution in [3.8, 4) is 0 Å². The van der Waals surface area contributed by atoms with E-state index in [0.717, 1.165) is 11.1 Å². The van der Waals surface area contributed by atoms with Gasteiger partial charge < -0.3 is 9.88 Å². The Hall–Kier alpha value is -3.18. The zero-order valence-corrected chi connectivity index (χ0v) is 22.2. The molecular weight excluding hydrogens is 535 g/mol. The molecule has 9 nitrogen and oxygen atoms in total. The predicted octanol–water partition coefficient (Wildman–Crippen LogP) is 4.35. The molecule has 0 unspecified atom stereocenters. The highest BCUT2D eigenvalue weighted by molar-refractivity contribution is 7.90. The zero-order chi connectivity index (χ0) is 26.2. The molecule has 2 N–H and O–H groups in total. The molecule has 1 aliphatic rings. The number of aryl methyl sites for hydroxylation is 1. The maximum atomic E-state index is 13.6. The fourth-order valence-corrected chi connectivity index (χ4v) is 6.29. The summed E-state index contributed by atoms with van der Waals surface area (Å²) >= 11 is 12.6. The van der Waals surface area contributed by atoms with E-state index in [9.17, 15) is 13.2 Å². The van der Waals surface area contributed by atoms with E-state index >= 15 is 0 Å². The van der Waals surface area contributed by atoms with Gasteiger partial charge in [-0.05, 0) is 36.6 Å². The first-order valence-electron chi connectivity index (χ1n) is 11.6. The van der Waals surface area contributed by atoms with Crippen molar-refractivity contribution in [1.29, 1.82) is 0 Å². The van der Waals surface area contributed by atoms with Gasteiger partial charge in [-0.1, -0.05) is 53.5 Å². The standard InChI is InChI=1S/C25H24Cl2N6O3S/c1-32-20-8-7-19(26)23(27)18(20)15-21(32)24(34)30-25(17-5-3-2-4-6-17)9-13-33(14-10-25)37(35,36)31-22-16-28-11-12-29-22/h2-8,11-12,15-16H,9-10,13-14H2,1H3,(H,29,31)(H,30,34). The molecule has 1 aliphatic heterocycles. The Morgan fingerprint density at radius 3 is 2.46 bits per heavy atom. The van der Waals surface area contributed by atoms with Crippen LogP contribution in [-0.4, -0.2) is 46.3 Å². The Balaban J connectivity index is 1.42. The van der Waals surface area contributed by atoms with E-state index in [4.69, 9.17) is 23.2 Å². The monoisotopic (exact) mass is 558 g/mol. The van der Waals surface area contributed by atoms with Gasteiger partial charge in [0.2, 0.25) is 0 Å². The highest BCUT2D eigenvalue weighted by Gasteiger charge is 2.41. The number of anilines is 1. The first kappa shape index (κ1) is 25.5. The van der Waals surface area contributed by atoms with Crippen LogP contribution >= 0.6 is 23.2 Å². The van der Waals surface area contributed by atoms with Gasteiger partial charge in [0.05, 0.1) is 21.8 Å². The number of aromatic nitrogens is 3. The maximum Gasteiger partial charge on any atom is 0.302 e. The van der Waals surface area contributed by atoms with Gasteiger partial charge in [-0.3, -0.25) is 14.5 Å². The Labute approximate surface area is 224 Å². The number of nitrogens with zero attached hydrogens (tertiary/aromatic N) is 4. The molecule has 192 valence electrons. The van der Waals surface area contributed by atoms with Crippen LogP contribution in [0.1, 0.15) is 28.9 Å². The molecule has 12 heteroatoms. The summed E-state index contributed by atoms with van der Waals surface area (Å²) in [6, 6.07) is 14.8. The minimum Gasteiger partial charge on any atom is -0.341 e. The zero-order valence-electron chi connectivity index (χ0n) is 19.9. The number of hydrogen-bond donors (Lipinski definition) is 2. The summed E-state index contributed by atoms with van der Waals surface area (Å²) in [6.07, 6.45) is 4.98. The number of hydrogen-bond acceptors (Lipinski definition) is 5. The van der Waals surface area contributed by atoms with Crippen LogP contribution in [0.3, 0.4) is 0 Å². The smallest absolute Gasteiger partial charge is 0.302 e. The topological polar surface area (TPSA) is 109 Å². The second-order valence-corrected chi connectivity index (χ2v) is 11.3. The third-order valence-electron chi connectivity index (χ3n) is 6.74. The third kappa shape index (κ3) is 4.89. The Kier molecular flexibility index (Phi) is 6.84. The van der Waals surface area contributed by atoms with Crippen molar-refractivity contribution in [2.45, 2.75) is 18.4 Å². The van der Waals surface area contributed by atoms with Gasteiger partial charge in [-0.2, -0.15) is 12.7 Å². The highest BCUT2D eigenvalue weighted by Crippen LogP contribution is 2.36. The lowest BCUT2D eigenvalue weighted by Gasteiger charge is -2.42. The molecule has 0 saturated carbocycles. The fraction of sp³-hybridized carbons (Fsp3) is 0.240. The highest BCUT2D eigenvalue weighted by atomic mass is 35.5. The lowest BCUT2D eigenvalue weighted by Crippen LogP contribution is -2.55. The van der Waals surface area contributed by atoms with Gasteiger partial charge >= 0.3 is 10.2 Å². The van der Waals surface area contributed by atoms with E-state index < -0.39 is 15.7 Å². The van der Waals surface area contributed by atoms with Crippen molar-refractivity contribution in [3.63, 3.8) is 0 Å². The second-order valence-electron chi connectivity index (χ2n) is 8.88. The maximum absolute atomic E-state index is 13.6. The molecule has 0 aliphatic carbocycles. The molecule has 0 atom stereocenters. The molecule has 0 radical (unpaired) electrons. The predicted molar refractivity (Wildman–Crippen MR) is 144 cm³/mol. The van der Waals surface area contributed by atoms with Crippen LogP contribution in [0.5, 0.6) is 0 Å². The molecule has 2 aromatic carbocycles. The Bertz CT molecular complexity index is 1550. The largest absolute Gasteiger partial charge is 0.341 e. The minimum atomic E-state index is -3.85. The number of carbonyl (C=O) groups is 1. The van der Waals surface area contributed by atoms with Crippen LogP contribution in [0.25, 0.3) is 10.9 Å². The van der Waals surface area contributed by atoms with Crippen LogP contribution in [0, 0.1) is 0 Å². The van der Waals surface area contributed by atoms with E-state index in [0.29, 0.717) is 34.0 Å². The summed E-state index contributed by atoms with van der Waals surface area (Å²) < 4.78 is 31.6. The van der Waals surface area contributed by atoms with Gasteiger partial charge in [-0.25, -0.2) is 4.98 Å². The average molecular weight is 559 g/mol. The number of halogens is 2. The summed E-state index contributed by atoms with van der Waals surface area (Å²) in [7, 11) is -2.05. The molecule has 4 aromatic rings. The van der Waals surface area contributed by atoms with E-state index in [1.54, 1.807) is 23.7 Å². The van der Waals surface area contributed by atoms with Gasteiger partial charge in [0.25, 0.3) is 5.91 Å². The van der Waals surface area contributed by atoms with Crippen molar-refractivity contribution in [1.82, 2.24) is 24.2 Å². The summed E-state index contributed by atoms with van der Waals surface area (Å²) in [4.78, 5) is 21.5.